The Morgan fingerprint density at radius 1 is 1.24 bits per heavy atom. The first kappa shape index (κ1) is 15.2. The van der Waals surface area contributed by atoms with Gasteiger partial charge in [-0.1, -0.05) is 28.1 Å². The van der Waals surface area contributed by atoms with Gasteiger partial charge in [0.1, 0.15) is 0 Å². The molecule has 6 heteroatoms. The van der Waals surface area contributed by atoms with Crippen molar-refractivity contribution in [2.24, 2.45) is 0 Å². The third kappa shape index (κ3) is 4.13. The molecule has 0 heterocycles. The van der Waals surface area contributed by atoms with Crippen molar-refractivity contribution in [3.8, 4) is 0 Å². The summed E-state index contributed by atoms with van der Waals surface area (Å²) in [4.78, 5) is 22.4. The van der Waals surface area contributed by atoms with Gasteiger partial charge in [-0.2, -0.15) is 0 Å². The normalized spacial score (nSPS) is 10.2. The van der Waals surface area contributed by atoms with Crippen molar-refractivity contribution in [1.29, 1.82) is 0 Å². The molecule has 1 N–H and O–H groups in total. The number of halogens is 1. The van der Waals surface area contributed by atoms with Crippen LogP contribution in [0.4, 0.5) is 5.69 Å². The van der Waals surface area contributed by atoms with E-state index in [1.54, 1.807) is 13.0 Å². The lowest BCUT2D eigenvalue weighted by Crippen LogP contribution is -2.22. The summed E-state index contributed by atoms with van der Waals surface area (Å²) in [6.45, 7) is 2.09. The van der Waals surface area contributed by atoms with E-state index >= 15 is 0 Å². The third-order valence-electron chi connectivity index (χ3n) is 2.90. The van der Waals surface area contributed by atoms with Crippen LogP contribution in [-0.2, 0) is 6.54 Å². The summed E-state index contributed by atoms with van der Waals surface area (Å²) in [7, 11) is 0. The van der Waals surface area contributed by atoms with Gasteiger partial charge in [-0.3, -0.25) is 14.9 Å². The average molecular weight is 349 g/mol. The predicted molar refractivity (Wildman–Crippen MR) is 83.1 cm³/mol. The largest absolute Gasteiger partial charge is 0.348 e. The zero-order chi connectivity index (χ0) is 15.4. The minimum atomic E-state index is -0.501. The van der Waals surface area contributed by atoms with Crippen LogP contribution < -0.4 is 5.32 Å². The molecule has 2 aromatic rings. The van der Waals surface area contributed by atoms with E-state index in [0.717, 1.165) is 10.0 Å². The minimum Gasteiger partial charge on any atom is -0.348 e. The second kappa shape index (κ2) is 6.49. The SMILES string of the molecule is Cc1cc(C(=O)NCc2ccc(Br)cc2)cc([N+](=O)[O-])c1. The predicted octanol–water partition coefficient (Wildman–Crippen LogP) is 3.60. The molecule has 0 aliphatic carbocycles. The number of carbonyl (C=O) groups excluding carboxylic acids is 1. The van der Waals surface area contributed by atoms with Gasteiger partial charge in [0, 0.05) is 28.7 Å². The summed E-state index contributed by atoms with van der Waals surface area (Å²) in [6.07, 6.45) is 0. The van der Waals surface area contributed by atoms with Gasteiger partial charge in [-0.05, 0) is 36.2 Å². The van der Waals surface area contributed by atoms with Crippen LogP contribution in [0.25, 0.3) is 0 Å². The van der Waals surface area contributed by atoms with Gasteiger partial charge in [-0.15, -0.1) is 0 Å². The number of amides is 1. The Kier molecular flexibility index (Phi) is 4.70. The maximum Gasteiger partial charge on any atom is 0.270 e. The smallest absolute Gasteiger partial charge is 0.270 e. The second-order valence-corrected chi connectivity index (χ2v) is 5.54. The van der Waals surface area contributed by atoms with Crippen LogP contribution in [0.3, 0.4) is 0 Å². The van der Waals surface area contributed by atoms with Crippen LogP contribution in [0, 0.1) is 17.0 Å². The molecular formula is C15H13BrN2O3. The number of benzene rings is 2. The first-order valence-electron chi connectivity index (χ1n) is 6.24. The Bertz CT molecular complexity index is 684. The average Bonchev–Trinajstić information content (AvgIpc) is 2.45. The molecule has 0 fully saturated rings. The number of hydrogen-bond acceptors (Lipinski definition) is 3. The van der Waals surface area contributed by atoms with E-state index in [2.05, 4.69) is 21.2 Å². The summed E-state index contributed by atoms with van der Waals surface area (Å²) in [6, 6.07) is 11.9. The molecule has 0 bridgehead atoms. The molecule has 0 radical (unpaired) electrons. The lowest BCUT2D eigenvalue weighted by atomic mass is 10.1. The lowest BCUT2D eigenvalue weighted by molar-refractivity contribution is -0.384. The number of non-ortho nitro benzene ring substituents is 1. The number of rotatable bonds is 4. The maximum atomic E-state index is 12.1. The number of nitro groups is 1. The molecule has 5 nitrogen and oxygen atoms in total. The van der Waals surface area contributed by atoms with Crippen molar-refractivity contribution in [3.63, 3.8) is 0 Å². The molecule has 0 saturated heterocycles. The van der Waals surface area contributed by atoms with Crippen molar-refractivity contribution < 1.29 is 9.72 Å². The Balaban J connectivity index is 2.09. The van der Waals surface area contributed by atoms with Crippen LogP contribution in [0.5, 0.6) is 0 Å². The summed E-state index contributed by atoms with van der Waals surface area (Å²) in [5.74, 6) is -0.329. The number of nitrogens with one attached hydrogen (secondary N) is 1. The summed E-state index contributed by atoms with van der Waals surface area (Å²) in [5, 5.41) is 13.6. The molecule has 1 amide bonds. The van der Waals surface area contributed by atoms with E-state index in [0.29, 0.717) is 17.7 Å². The fourth-order valence-corrected chi connectivity index (χ4v) is 2.15. The van der Waals surface area contributed by atoms with Crippen LogP contribution in [0.1, 0.15) is 21.5 Å². The molecule has 0 aliphatic rings. The number of nitro benzene ring substituents is 1. The van der Waals surface area contributed by atoms with Crippen LogP contribution in [-0.4, -0.2) is 10.8 Å². The highest BCUT2D eigenvalue weighted by Gasteiger charge is 2.13. The standard InChI is InChI=1S/C15H13BrN2O3/c1-10-6-12(8-14(7-10)18(20)21)15(19)17-9-11-2-4-13(16)5-3-11/h2-8H,9H2,1H3,(H,17,19). The van der Waals surface area contributed by atoms with E-state index in [1.165, 1.54) is 12.1 Å². The van der Waals surface area contributed by atoms with E-state index < -0.39 is 4.92 Å². The highest BCUT2D eigenvalue weighted by atomic mass is 79.9. The molecular weight excluding hydrogens is 336 g/mol. The molecule has 0 unspecified atom stereocenters. The third-order valence-corrected chi connectivity index (χ3v) is 3.43. The van der Waals surface area contributed by atoms with Gasteiger partial charge < -0.3 is 5.32 Å². The molecule has 108 valence electrons. The summed E-state index contributed by atoms with van der Waals surface area (Å²) < 4.78 is 0.965. The minimum absolute atomic E-state index is 0.0798. The Labute approximate surface area is 130 Å². The second-order valence-electron chi connectivity index (χ2n) is 4.62. The van der Waals surface area contributed by atoms with E-state index in [9.17, 15) is 14.9 Å². The first-order chi connectivity index (χ1) is 9.95. The van der Waals surface area contributed by atoms with Crippen molar-refractivity contribution in [3.05, 3.63) is 73.7 Å². The molecule has 0 atom stereocenters. The zero-order valence-electron chi connectivity index (χ0n) is 11.3. The summed E-state index contributed by atoms with van der Waals surface area (Å²) >= 11 is 3.34. The molecule has 2 rings (SSSR count). The van der Waals surface area contributed by atoms with E-state index in [4.69, 9.17) is 0 Å². The van der Waals surface area contributed by atoms with Crippen molar-refractivity contribution in [2.75, 3.05) is 0 Å². The van der Waals surface area contributed by atoms with Gasteiger partial charge in [-0.25, -0.2) is 0 Å². The number of hydrogen-bond donors (Lipinski definition) is 1. The van der Waals surface area contributed by atoms with Crippen LogP contribution in [0.2, 0.25) is 0 Å². The van der Waals surface area contributed by atoms with Gasteiger partial charge >= 0.3 is 0 Å². The van der Waals surface area contributed by atoms with Crippen LogP contribution >= 0.6 is 15.9 Å². The Morgan fingerprint density at radius 3 is 2.52 bits per heavy atom. The van der Waals surface area contributed by atoms with Gasteiger partial charge in [0.15, 0.2) is 0 Å². The fraction of sp³-hybridized carbons (Fsp3) is 0.133. The van der Waals surface area contributed by atoms with E-state index in [1.807, 2.05) is 24.3 Å². The maximum absolute atomic E-state index is 12.1. The fourth-order valence-electron chi connectivity index (χ4n) is 1.89. The van der Waals surface area contributed by atoms with Gasteiger partial charge in [0.25, 0.3) is 11.6 Å². The first-order valence-corrected chi connectivity index (χ1v) is 7.04. The Hall–Kier alpha value is -2.21. The quantitative estimate of drug-likeness (QED) is 0.677. The molecule has 0 spiro atoms. The van der Waals surface area contributed by atoms with Crippen molar-refractivity contribution in [1.82, 2.24) is 5.32 Å². The highest BCUT2D eigenvalue weighted by molar-refractivity contribution is 9.10. The monoisotopic (exact) mass is 348 g/mol. The highest BCUT2D eigenvalue weighted by Crippen LogP contribution is 2.17. The van der Waals surface area contributed by atoms with E-state index in [-0.39, 0.29) is 11.6 Å². The Morgan fingerprint density at radius 2 is 1.90 bits per heavy atom. The number of aryl methyl sites for hydroxylation is 1. The van der Waals surface area contributed by atoms with Gasteiger partial charge in [0.05, 0.1) is 4.92 Å². The molecule has 0 saturated carbocycles. The lowest BCUT2D eigenvalue weighted by Gasteiger charge is -2.06. The van der Waals surface area contributed by atoms with Crippen LogP contribution in [0.15, 0.2) is 46.9 Å². The number of nitrogens with zero attached hydrogens (tertiary/aromatic N) is 1. The van der Waals surface area contributed by atoms with Gasteiger partial charge in [0.2, 0.25) is 0 Å². The van der Waals surface area contributed by atoms with Crippen molar-refractivity contribution in [2.45, 2.75) is 13.5 Å². The zero-order valence-corrected chi connectivity index (χ0v) is 12.9. The molecule has 0 aromatic heterocycles. The van der Waals surface area contributed by atoms with Crippen molar-refractivity contribution >= 4 is 27.5 Å². The molecule has 0 aliphatic heterocycles. The number of carbonyl (C=O) groups is 1. The molecule has 2 aromatic carbocycles. The molecule has 21 heavy (non-hydrogen) atoms. The topological polar surface area (TPSA) is 72.2 Å². The summed E-state index contributed by atoms with van der Waals surface area (Å²) in [5.41, 5.74) is 1.84.